The zero-order valence-corrected chi connectivity index (χ0v) is 12.4. The Balaban J connectivity index is 2.51. The van der Waals surface area contributed by atoms with E-state index in [1.54, 1.807) is 13.0 Å². The number of carbonyl (C=O) groups excluding carboxylic acids is 1. The Morgan fingerprint density at radius 3 is 2.65 bits per heavy atom. The second kappa shape index (κ2) is 7.14. The van der Waals surface area contributed by atoms with Crippen LogP contribution >= 0.6 is 0 Å². The Hall–Kier alpha value is -1.76. The Labute approximate surface area is 118 Å². The van der Waals surface area contributed by atoms with E-state index in [-0.39, 0.29) is 24.5 Å². The minimum atomic E-state index is -3.03. The average molecular weight is 301 g/mol. The third-order valence-corrected chi connectivity index (χ3v) is 4.53. The van der Waals surface area contributed by atoms with Gasteiger partial charge in [-0.25, -0.2) is 13.2 Å². The second-order valence-corrected chi connectivity index (χ2v) is 6.66. The van der Waals surface area contributed by atoms with Gasteiger partial charge in [0.05, 0.1) is 30.7 Å². The number of nitrogen functional groups attached to an aromatic ring is 1. The van der Waals surface area contributed by atoms with Gasteiger partial charge in [-0.15, -0.1) is 0 Å². The van der Waals surface area contributed by atoms with Crippen molar-refractivity contribution in [3.63, 3.8) is 0 Å². The first-order chi connectivity index (χ1) is 9.39. The van der Waals surface area contributed by atoms with Crippen molar-refractivity contribution in [1.82, 2.24) is 0 Å². The Morgan fingerprint density at radius 1 is 1.35 bits per heavy atom. The van der Waals surface area contributed by atoms with Crippen LogP contribution in [0.5, 0.6) is 5.75 Å². The Bertz CT molecular complexity index is 568. The maximum atomic E-state index is 11.8. The molecule has 0 heterocycles. The molecule has 0 bridgehead atoms. The van der Waals surface area contributed by atoms with Gasteiger partial charge in [0, 0.05) is 5.75 Å². The molecule has 20 heavy (non-hydrogen) atoms. The van der Waals surface area contributed by atoms with E-state index in [9.17, 15) is 13.2 Å². The molecule has 1 aromatic carbocycles. The first-order valence-corrected chi connectivity index (χ1v) is 8.03. The molecule has 7 heteroatoms. The smallest absolute Gasteiger partial charge is 0.338 e. The monoisotopic (exact) mass is 301 g/mol. The van der Waals surface area contributed by atoms with E-state index >= 15 is 0 Å². The standard InChI is InChI=1S/C13H19NO5S/c1-3-20(16,17)8-4-7-19-13(15)10-5-6-11(14)12(9-10)18-2/h5-6,9H,3-4,7-8,14H2,1-2H3. The predicted molar refractivity (Wildman–Crippen MR) is 76.6 cm³/mol. The molecular weight excluding hydrogens is 282 g/mol. The highest BCUT2D eigenvalue weighted by atomic mass is 32.2. The molecule has 0 aromatic heterocycles. The first kappa shape index (κ1) is 16.3. The number of ether oxygens (including phenoxy) is 2. The van der Waals surface area contributed by atoms with Crippen LogP contribution in [0.1, 0.15) is 23.7 Å². The fourth-order valence-electron chi connectivity index (χ4n) is 1.51. The zero-order chi connectivity index (χ0) is 15.2. The van der Waals surface area contributed by atoms with Crippen molar-refractivity contribution in [1.29, 1.82) is 0 Å². The molecule has 0 saturated heterocycles. The highest BCUT2D eigenvalue weighted by Crippen LogP contribution is 2.22. The highest BCUT2D eigenvalue weighted by Gasteiger charge is 2.11. The van der Waals surface area contributed by atoms with E-state index in [1.807, 2.05) is 0 Å². The average Bonchev–Trinajstić information content (AvgIpc) is 2.44. The Morgan fingerprint density at radius 2 is 2.05 bits per heavy atom. The third kappa shape index (κ3) is 4.73. The number of rotatable bonds is 7. The van der Waals surface area contributed by atoms with E-state index in [1.165, 1.54) is 19.2 Å². The van der Waals surface area contributed by atoms with Gasteiger partial charge in [0.25, 0.3) is 0 Å². The summed E-state index contributed by atoms with van der Waals surface area (Å²) >= 11 is 0. The lowest BCUT2D eigenvalue weighted by molar-refractivity contribution is 0.0505. The van der Waals surface area contributed by atoms with Gasteiger partial charge >= 0.3 is 5.97 Å². The maximum Gasteiger partial charge on any atom is 0.338 e. The molecule has 0 radical (unpaired) electrons. The quantitative estimate of drug-likeness (QED) is 0.463. The first-order valence-electron chi connectivity index (χ1n) is 6.20. The van der Waals surface area contributed by atoms with Crippen LogP contribution in [0.25, 0.3) is 0 Å². The number of hydrogen-bond acceptors (Lipinski definition) is 6. The summed E-state index contributed by atoms with van der Waals surface area (Å²) in [5, 5.41) is 0. The largest absolute Gasteiger partial charge is 0.495 e. The maximum absolute atomic E-state index is 11.8. The number of esters is 1. The van der Waals surface area contributed by atoms with Crippen molar-refractivity contribution >= 4 is 21.5 Å². The van der Waals surface area contributed by atoms with Crippen molar-refractivity contribution < 1.29 is 22.7 Å². The molecule has 0 unspecified atom stereocenters. The van der Waals surface area contributed by atoms with Crippen LogP contribution in [-0.4, -0.2) is 39.6 Å². The molecule has 112 valence electrons. The van der Waals surface area contributed by atoms with E-state index in [0.717, 1.165) is 0 Å². The number of methoxy groups -OCH3 is 1. The molecule has 0 atom stereocenters. The lowest BCUT2D eigenvalue weighted by Gasteiger charge is -2.08. The van der Waals surface area contributed by atoms with Gasteiger partial charge in [-0.3, -0.25) is 0 Å². The van der Waals surface area contributed by atoms with E-state index < -0.39 is 15.8 Å². The number of anilines is 1. The number of sulfone groups is 1. The van der Waals surface area contributed by atoms with Crippen LogP contribution in [0.4, 0.5) is 5.69 Å². The third-order valence-electron chi connectivity index (χ3n) is 2.74. The van der Waals surface area contributed by atoms with Crippen LogP contribution < -0.4 is 10.5 Å². The fraction of sp³-hybridized carbons (Fsp3) is 0.462. The lowest BCUT2D eigenvalue weighted by atomic mass is 10.2. The fourth-order valence-corrected chi connectivity index (χ4v) is 2.36. The summed E-state index contributed by atoms with van der Waals surface area (Å²) in [5.74, 6) is -0.0250. The molecule has 0 aliphatic rings. The van der Waals surface area contributed by atoms with Gasteiger partial charge < -0.3 is 15.2 Å². The van der Waals surface area contributed by atoms with Crippen LogP contribution in [0, 0.1) is 0 Å². The van der Waals surface area contributed by atoms with Gasteiger partial charge in [-0.05, 0) is 24.6 Å². The molecular formula is C13H19NO5S. The molecule has 0 saturated carbocycles. The molecule has 1 aromatic rings. The van der Waals surface area contributed by atoms with Gasteiger partial charge in [-0.2, -0.15) is 0 Å². The molecule has 0 spiro atoms. The van der Waals surface area contributed by atoms with Gasteiger partial charge in [-0.1, -0.05) is 6.92 Å². The van der Waals surface area contributed by atoms with Crippen molar-refractivity contribution in [3.05, 3.63) is 23.8 Å². The van der Waals surface area contributed by atoms with Crippen LogP contribution in [-0.2, 0) is 14.6 Å². The minimum absolute atomic E-state index is 0.0157. The van der Waals surface area contributed by atoms with Crippen LogP contribution in [0.15, 0.2) is 18.2 Å². The lowest BCUT2D eigenvalue weighted by Crippen LogP contribution is -2.13. The molecule has 0 fully saturated rings. The normalized spacial score (nSPS) is 11.1. The summed E-state index contributed by atoms with van der Waals surface area (Å²) in [6.45, 7) is 1.65. The summed E-state index contributed by atoms with van der Waals surface area (Å²) in [6, 6.07) is 4.57. The summed E-state index contributed by atoms with van der Waals surface area (Å²) < 4.78 is 32.5. The predicted octanol–water partition coefficient (Wildman–Crippen LogP) is 1.26. The summed E-state index contributed by atoms with van der Waals surface area (Å²) in [5.41, 5.74) is 6.38. The molecule has 2 N–H and O–H groups in total. The molecule has 1 rings (SSSR count). The number of benzene rings is 1. The summed E-state index contributed by atoms with van der Waals surface area (Å²) in [6.07, 6.45) is 0.286. The molecule has 0 aliphatic heterocycles. The van der Waals surface area contributed by atoms with Gasteiger partial charge in [0.1, 0.15) is 15.6 Å². The second-order valence-electron chi connectivity index (χ2n) is 4.18. The summed E-state index contributed by atoms with van der Waals surface area (Å²) in [4.78, 5) is 11.8. The molecule has 0 amide bonds. The zero-order valence-electron chi connectivity index (χ0n) is 11.6. The Kier molecular flexibility index (Phi) is 5.82. The topological polar surface area (TPSA) is 95.7 Å². The minimum Gasteiger partial charge on any atom is -0.495 e. The highest BCUT2D eigenvalue weighted by molar-refractivity contribution is 7.91. The van der Waals surface area contributed by atoms with Gasteiger partial charge in [0.15, 0.2) is 0 Å². The van der Waals surface area contributed by atoms with Gasteiger partial charge in [0.2, 0.25) is 0 Å². The number of carbonyl (C=O) groups is 1. The SMILES string of the molecule is CCS(=O)(=O)CCCOC(=O)c1ccc(N)c(OC)c1. The molecule has 0 aliphatic carbocycles. The van der Waals surface area contributed by atoms with E-state index in [0.29, 0.717) is 17.0 Å². The number of hydrogen-bond donors (Lipinski definition) is 1. The van der Waals surface area contributed by atoms with Crippen molar-refractivity contribution in [3.8, 4) is 5.75 Å². The van der Waals surface area contributed by atoms with Crippen LogP contribution in [0.2, 0.25) is 0 Å². The van der Waals surface area contributed by atoms with Crippen molar-refractivity contribution in [2.75, 3.05) is 31.0 Å². The summed E-state index contributed by atoms with van der Waals surface area (Å²) in [7, 11) is -1.57. The van der Waals surface area contributed by atoms with Crippen molar-refractivity contribution in [2.45, 2.75) is 13.3 Å². The van der Waals surface area contributed by atoms with Crippen LogP contribution in [0.3, 0.4) is 0 Å². The van der Waals surface area contributed by atoms with E-state index in [4.69, 9.17) is 15.2 Å². The number of nitrogens with two attached hydrogens (primary N) is 1. The van der Waals surface area contributed by atoms with Crippen molar-refractivity contribution in [2.24, 2.45) is 0 Å². The molecule has 6 nitrogen and oxygen atoms in total. The van der Waals surface area contributed by atoms with E-state index in [2.05, 4.69) is 0 Å².